The van der Waals surface area contributed by atoms with E-state index in [2.05, 4.69) is 0 Å². The Hall–Kier alpha value is -0.570. The fourth-order valence-corrected chi connectivity index (χ4v) is 1.22. The van der Waals surface area contributed by atoms with E-state index in [0.29, 0.717) is 10.6 Å². The molecule has 4 heteroatoms. The van der Waals surface area contributed by atoms with Gasteiger partial charge in [-0.2, -0.15) is 0 Å². The van der Waals surface area contributed by atoms with Gasteiger partial charge in [-0.05, 0) is 45.3 Å². The molecule has 1 rings (SSSR count). The van der Waals surface area contributed by atoms with Gasteiger partial charge in [0.25, 0.3) is 0 Å². The minimum Gasteiger partial charge on any atom is -0.300 e. The van der Waals surface area contributed by atoms with Crippen molar-refractivity contribution in [2.45, 2.75) is 13.0 Å². The summed E-state index contributed by atoms with van der Waals surface area (Å²) in [7, 11) is 3.77. The van der Waals surface area contributed by atoms with E-state index in [4.69, 9.17) is 11.6 Å². The van der Waals surface area contributed by atoms with E-state index >= 15 is 0 Å². The zero-order chi connectivity index (χ0) is 10.7. The van der Waals surface area contributed by atoms with E-state index < -0.39 is 0 Å². The molecule has 0 fully saturated rings. The van der Waals surface area contributed by atoms with Gasteiger partial charge in [-0.25, -0.2) is 0 Å². The maximum absolute atomic E-state index is 11.8. The molecule has 0 amide bonds. The van der Waals surface area contributed by atoms with Crippen molar-refractivity contribution >= 4 is 29.8 Å². The number of hydrogen-bond acceptors (Lipinski definition) is 2. The Bertz CT molecular complexity index is 322. The van der Waals surface area contributed by atoms with Crippen molar-refractivity contribution in [1.29, 1.82) is 0 Å². The van der Waals surface area contributed by atoms with Gasteiger partial charge in [-0.15, -0.1) is 12.4 Å². The average molecular weight is 248 g/mol. The Morgan fingerprint density at radius 3 is 2.13 bits per heavy atom. The zero-order valence-electron chi connectivity index (χ0n) is 9.03. The normalized spacial score (nSPS) is 12.1. The summed E-state index contributed by atoms with van der Waals surface area (Å²) in [6.45, 7) is 1.89. The number of hydrogen-bond donors (Lipinski definition) is 0. The Morgan fingerprint density at radius 2 is 1.73 bits per heavy atom. The van der Waals surface area contributed by atoms with Crippen LogP contribution in [0.2, 0.25) is 5.02 Å². The first-order chi connectivity index (χ1) is 6.52. The Labute approximate surface area is 102 Å². The topological polar surface area (TPSA) is 20.3 Å². The lowest BCUT2D eigenvalue weighted by Gasteiger charge is -2.18. The first kappa shape index (κ1) is 14.4. The number of Topliss-reactive ketones (excluding diaryl/α,β-unsaturated/α-hetero) is 1. The highest BCUT2D eigenvalue weighted by molar-refractivity contribution is 6.30. The number of likely N-dealkylation sites (N-methyl/N-ethyl adjacent to an activating group) is 1. The summed E-state index contributed by atoms with van der Waals surface area (Å²) in [4.78, 5) is 13.7. The number of nitrogens with zero attached hydrogens (tertiary/aromatic N) is 1. The van der Waals surface area contributed by atoms with Gasteiger partial charge in [0, 0.05) is 10.6 Å². The fraction of sp³-hybridized carbons (Fsp3) is 0.364. The molecule has 15 heavy (non-hydrogen) atoms. The molecule has 0 aliphatic rings. The molecule has 1 atom stereocenters. The number of rotatable bonds is 3. The molecule has 0 spiro atoms. The van der Waals surface area contributed by atoms with Crippen LogP contribution in [0.25, 0.3) is 0 Å². The molecule has 1 unspecified atom stereocenters. The zero-order valence-corrected chi connectivity index (χ0v) is 10.6. The molecule has 0 saturated carbocycles. The van der Waals surface area contributed by atoms with Crippen LogP contribution in [-0.2, 0) is 0 Å². The number of ketones is 1. The maximum atomic E-state index is 11.8. The summed E-state index contributed by atoms with van der Waals surface area (Å²) >= 11 is 5.74. The van der Waals surface area contributed by atoms with Crippen molar-refractivity contribution < 1.29 is 4.79 Å². The van der Waals surface area contributed by atoms with E-state index in [-0.39, 0.29) is 24.2 Å². The molecule has 0 heterocycles. The largest absolute Gasteiger partial charge is 0.300 e. The van der Waals surface area contributed by atoms with Gasteiger partial charge >= 0.3 is 0 Å². The van der Waals surface area contributed by atoms with E-state index in [1.54, 1.807) is 24.3 Å². The van der Waals surface area contributed by atoms with Gasteiger partial charge in [0.15, 0.2) is 5.78 Å². The second kappa shape index (κ2) is 6.11. The lowest BCUT2D eigenvalue weighted by atomic mass is 10.1. The molecule has 0 saturated heterocycles. The van der Waals surface area contributed by atoms with E-state index in [9.17, 15) is 4.79 Å². The standard InChI is InChI=1S/C11H14ClNO.ClH/c1-8(13(2)3)11(14)9-4-6-10(12)7-5-9;/h4-8H,1-3H3;1H. The third-order valence-electron chi connectivity index (χ3n) is 2.28. The van der Waals surface area contributed by atoms with Crippen molar-refractivity contribution in [3.8, 4) is 0 Å². The molecule has 0 aromatic heterocycles. The first-order valence-corrected chi connectivity index (χ1v) is 4.86. The van der Waals surface area contributed by atoms with Crippen LogP contribution in [0.5, 0.6) is 0 Å². The van der Waals surface area contributed by atoms with Gasteiger partial charge in [-0.1, -0.05) is 11.6 Å². The SMILES string of the molecule is CC(C(=O)c1ccc(Cl)cc1)N(C)C.Cl. The minimum absolute atomic E-state index is 0. The Morgan fingerprint density at radius 1 is 1.27 bits per heavy atom. The molecule has 0 N–H and O–H groups in total. The van der Waals surface area contributed by atoms with E-state index in [1.165, 1.54) is 0 Å². The van der Waals surface area contributed by atoms with Crippen LogP contribution < -0.4 is 0 Å². The number of benzene rings is 1. The average Bonchev–Trinajstić information content (AvgIpc) is 2.16. The smallest absolute Gasteiger partial charge is 0.179 e. The van der Waals surface area contributed by atoms with Gasteiger partial charge in [0.2, 0.25) is 0 Å². The first-order valence-electron chi connectivity index (χ1n) is 4.48. The predicted octanol–water partition coefficient (Wildman–Crippen LogP) is 2.89. The van der Waals surface area contributed by atoms with Gasteiger partial charge in [-0.3, -0.25) is 9.69 Å². The number of halogens is 2. The second-order valence-corrected chi connectivity index (χ2v) is 3.95. The van der Waals surface area contributed by atoms with Crippen molar-refractivity contribution in [3.05, 3.63) is 34.9 Å². The quantitative estimate of drug-likeness (QED) is 0.766. The van der Waals surface area contributed by atoms with Crippen LogP contribution in [0.3, 0.4) is 0 Å². The molecule has 84 valence electrons. The third kappa shape index (κ3) is 3.82. The Balaban J connectivity index is 0.00000196. The monoisotopic (exact) mass is 247 g/mol. The molecule has 0 aliphatic heterocycles. The molecular weight excluding hydrogens is 233 g/mol. The molecular formula is C11H15Cl2NO. The van der Waals surface area contributed by atoms with Crippen molar-refractivity contribution in [1.82, 2.24) is 4.90 Å². The van der Waals surface area contributed by atoms with Crippen LogP contribution >= 0.6 is 24.0 Å². The van der Waals surface area contributed by atoms with E-state index in [1.807, 2.05) is 25.9 Å². The van der Waals surface area contributed by atoms with Crippen LogP contribution in [0.1, 0.15) is 17.3 Å². The van der Waals surface area contributed by atoms with Gasteiger partial charge < -0.3 is 0 Å². The molecule has 0 aliphatic carbocycles. The predicted molar refractivity (Wildman–Crippen MR) is 66.2 cm³/mol. The summed E-state index contributed by atoms with van der Waals surface area (Å²) in [5.74, 6) is 0.117. The highest BCUT2D eigenvalue weighted by Crippen LogP contribution is 2.12. The van der Waals surface area contributed by atoms with E-state index in [0.717, 1.165) is 0 Å². The second-order valence-electron chi connectivity index (χ2n) is 3.51. The highest BCUT2D eigenvalue weighted by Gasteiger charge is 2.16. The molecule has 1 aromatic carbocycles. The summed E-state index contributed by atoms with van der Waals surface area (Å²) < 4.78 is 0. The molecule has 0 bridgehead atoms. The van der Waals surface area contributed by atoms with Crippen molar-refractivity contribution in [2.75, 3.05) is 14.1 Å². The maximum Gasteiger partial charge on any atom is 0.179 e. The molecule has 2 nitrogen and oxygen atoms in total. The summed E-state index contributed by atoms with van der Waals surface area (Å²) in [6, 6.07) is 6.88. The number of carbonyl (C=O) groups is 1. The minimum atomic E-state index is -0.101. The number of carbonyl (C=O) groups excluding carboxylic acids is 1. The van der Waals surface area contributed by atoms with Crippen LogP contribution in [0.4, 0.5) is 0 Å². The highest BCUT2D eigenvalue weighted by atomic mass is 35.5. The van der Waals surface area contributed by atoms with Crippen LogP contribution in [0.15, 0.2) is 24.3 Å². The Kier molecular flexibility index (Phi) is 5.88. The molecule has 1 aromatic rings. The van der Waals surface area contributed by atoms with Crippen LogP contribution in [0, 0.1) is 0 Å². The van der Waals surface area contributed by atoms with Crippen molar-refractivity contribution in [3.63, 3.8) is 0 Å². The van der Waals surface area contributed by atoms with Gasteiger partial charge in [0.1, 0.15) is 0 Å². The summed E-state index contributed by atoms with van der Waals surface area (Å²) in [5.41, 5.74) is 0.704. The molecule has 0 radical (unpaired) electrons. The third-order valence-corrected chi connectivity index (χ3v) is 2.53. The van der Waals surface area contributed by atoms with Crippen molar-refractivity contribution in [2.24, 2.45) is 0 Å². The lowest BCUT2D eigenvalue weighted by Crippen LogP contribution is -2.32. The fourth-order valence-electron chi connectivity index (χ4n) is 1.09. The summed E-state index contributed by atoms with van der Waals surface area (Å²) in [5, 5.41) is 0.652. The van der Waals surface area contributed by atoms with Crippen LogP contribution in [-0.4, -0.2) is 30.8 Å². The van der Waals surface area contributed by atoms with Gasteiger partial charge in [0.05, 0.1) is 6.04 Å². The lowest BCUT2D eigenvalue weighted by molar-refractivity contribution is 0.0891. The summed E-state index contributed by atoms with van der Waals surface area (Å²) in [6.07, 6.45) is 0.